The van der Waals surface area contributed by atoms with Gasteiger partial charge >= 0.3 is 0 Å². The van der Waals surface area contributed by atoms with E-state index in [1.165, 1.54) is 5.56 Å². The first-order chi connectivity index (χ1) is 7.84. The van der Waals surface area contributed by atoms with Gasteiger partial charge in [0.15, 0.2) is 0 Å². The highest BCUT2D eigenvalue weighted by atomic mass is 32.1. The van der Waals surface area contributed by atoms with Crippen molar-refractivity contribution in [3.05, 3.63) is 29.8 Å². The number of ether oxygens (including phenoxy) is 1. The van der Waals surface area contributed by atoms with Crippen LogP contribution < -0.4 is 10.1 Å². The molecular weight excluding hydrogens is 218 g/mol. The molecular formula is C13H21NOS. The molecule has 0 heterocycles. The lowest BCUT2D eigenvalue weighted by atomic mass is 10.2. The molecule has 0 saturated carbocycles. The first-order valence-electron chi connectivity index (χ1n) is 5.84. The number of nitrogens with one attached hydrogen (secondary N) is 1. The summed E-state index contributed by atoms with van der Waals surface area (Å²) in [4.78, 5) is 0. The molecule has 0 fully saturated rings. The molecule has 0 unspecified atom stereocenters. The zero-order chi connectivity index (χ0) is 11.6. The molecule has 1 rings (SSSR count). The minimum Gasteiger partial charge on any atom is -0.493 e. The fourth-order valence-electron chi connectivity index (χ4n) is 1.46. The number of aryl methyl sites for hydroxylation is 1. The molecule has 0 radical (unpaired) electrons. The Bertz CT molecular complexity index is 291. The van der Waals surface area contributed by atoms with Crippen molar-refractivity contribution >= 4 is 12.6 Å². The number of hydrogen-bond donors (Lipinski definition) is 2. The number of thiol groups is 1. The molecule has 0 spiro atoms. The van der Waals surface area contributed by atoms with Crippen LogP contribution in [0.25, 0.3) is 0 Å². The number of para-hydroxylation sites is 1. The van der Waals surface area contributed by atoms with E-state index in [0.29, 0.717) is 0 Å². The van der Waals surface area contributed by atoms with E-state index in [0.717, 1.165) is 44.0 Å². The third-order valence-corrected chi connectivity index (χ3v) is 2.61. The molecule has 0 aliphatic heterocycles. The number of benzene rings is 1. The SMILES string of the molecule is Cc1ccccc1OCCCCNCCS. The van der Waals surface area contributed by atoms with Crippen LogP contribution in [0.1, 0.15) is 18.4 Å². The smallest absolute Gasteiger partial charge is 0.122 e. The van der Waals surface area contributed by atoms with Crippen molar-refractivity contribution in [2.75, 3.05) is 25.4 Å². The molecule has 0 aromatic heterocycles. The van der Waals surface area contributed by atoms with Gasteiger partial charge in [-0.25, -0.2) is 0 Å². The van der Waals surface area contributed by atoms with E-state index in [-0.39, 0.29) is 0 Å². The maximum atomic E-state index is 5.70. The summed E-state index contributed by atoms with van der Waals surface area (Å²) in [6.07, 6.45) is 2.24. The minimum absolute atomic E-state index is 0.799. The number of rotatable bonds is 8. The summed E-state index contributed by atoms with van der Waals surface area (Å²) < 4.78 is 5.70. The quantitative estimate of drug-likeness (QED) is 0.537. The Hall–Kier alpha value is -0.670. The Kier molecular flexibility index (Phi) is 7.10. The van der Waals surface area contributed by atoms with Crippen LogP contribution in [0.4, 0.5) is 0 Å². The van der Waals surface area contributed by atoms with Crippen molar-refractivity contribution in [3.8, 4) is 5.75 Å². The summed E-state index contributed by atoms with van der Waals surface area (Å²) >= 11 is 4.14. The van der Waals surface area contributed by atoms with E-state index < -0.39 is 0 Å². The molecule has 3 heteroatoms. The van der Waals surface area contributed by atoms with Gasteiger partial charge in [-0.1, -0.05) is 18.2 Å². The first-order valence-corrected chi connectivity index (χ1v) is 6.48. The summed E-state index contributed by atoms with van der Waals surface area (Å²) in [6, 6.07) is 8.14. The fourth-order valence-corrected chi connectivity index (χ4v) is 1.61. The second-order valence-electron chi connectivity index (χ2n) is 3.79. The Morgan fingerprint density at radius 3 is 2.75 bits per heavy atom. The molecule has 0 aliphatic carbocycles. The van der Waals surface area contributed by atoms with Gasteiger partial charge in [-0.3, -0.25) is 0 Å². The van der Waals surface area contributed by atoms with Crippen LogP contribution in [-0.4, -0.2) is 25.4 Å². The predicted molar refractivity (Wildman–Crippen MR) is 72.6 cm³/mol. The van der Waals surface area contributed by atoms with E-state index in [1.54, 1.807) is 0 Å². The number of hydrogen-bond acceptors (Lipinski definition) is 3. The van der Waals surface area contributed by atoms with Gasteiger partial charge in [-0.15, -0.1) is 0 Å². The third kappa shape index (κ3) is 5.42. The monoisotopic (exact) mass is 239 g/mol. The average Bonchev–Trinajstić information content (AvgIpc) is 2.30. The zero-order valence-corrected chi connectivity index (χ0v) is 10.8. The summed E-state index contributed by atoms with van der Waals surface area (Å²) in [5, 5.41) is 3.31. The van der Waals surface area contributed by atoms with E-state index in [9.17, 15) is 0 Å². The Balaban J connectivity index is 2.05. The van der Waals surface area contributed by atoms with Crippen LogP contribution >= 0.6 is 12.6 Å². The van der Waals surface area contributed by atoms with Gasteiger partial charge in [0, 0.05) is 12.3 Å². The van der Waals surface area contributed by atoms with E-state index in [4.69, 9.17) is 4.74 Å². The van der Waals surface area contributed by atoms with Crippen LogP contribution in [0.15, 0.2) is 24.3 Å². The molecule has 0 atom stereocenters. The van der Waals surface area contributed by atoms with Crippen molar-refractivity contribution in [1.29, 1.82) is 0 Å². The fraction of sp³-hybridized carbons (Fsp3) is 0.538. The van der Waals surface area contributed by atoms with Gasteiger partial charge in [-0.05, 0) is 37.9 Å². The van der Waals surface area contributed by atoms with Crippen molar-refractivity contribution in [2.45, 2.75) is 19.8 Å². The molecule has 0 aliphatic rings. The Morgan fingerprint density at radius 2 is 2.00 bits per heavy atom. The average molecular weight is 239 g/mol. The highest BCUT2D eigenvalue weighted by Gasteiger charge is 1.96. The molecule has 16 heavy (non-hydrogen) atoms. The summed E-state index contributed by atoms with van der Waals surface area (Å²) in [5.74, 6) is 1.91. The predicted octanol–water partition coefficient (Wildman–Crippen LogP) is 2.67. The highest BCUT2D eigenvalue weighted by Crippen LogP contribution is 2.16. The standard InChI is InChI=1S/C13H21NOS/c1-12-6-2-3-7-13(12)15-10-5-4-8-14-9-11-16/h2-3,6-7,14,16H,4-5,8-11H2,1H3. The van der Waals surface area contributed by atoms with Crippen LogP contribution in [0.2, 0.25) is 0 Å². The lowest BCUT2D eigenvalue weighted by molar-refractivity contribution is 0.304. The van der Waals surface area contributed by atoms with E-state index in [2.05, 4.69) is 30.9 Å². The van der Waals surface area contributed by atoms with Gasteiger partial charge in [0.2, 0.25) is 0 Å². The summed E-state index contributed by atoms with van der Waals surface area (Å²) in [5.41, 5.74) is 1.20. The molecule has 0 amide bonds. The van der Waals surface area contributed by atoms with Gasteiger partial charge in [0.25, 0.3) is 0 Å². The number of unbranched alkanes of at least 4 members (excludes halogenated alkanes) is 1. The van der Waals surface area contributed by atoms with Gasteiger partial charge in [0.1, 0.15) is 5.75 Å². The van der Waals surface area contributed by atoms with Gasteiger partial charge in [-0.2, -0.15) is 12.6 Å². The van der Waals surface area contributed by atoms with Crippen molar-refractivity contribution in [3.63, 3.8) is 0 Å². The normalized spacial score (nSPS) is 10.4. The second-order valence-corrected chi connectivity index (χ2v) is 4.24. The summed E-state index contributed by atoms with van der Waals surface area (Å²) in [7, 11) is 0. The van der Waals surface area contributed by atoms with Crippen molar-refractivity contribution < 1.29 is 4.74 Å². The maximum absolute atomic E-state index is 5.70. The lowest BCUT2D eigenvalue weighted by Gasteiger charge is -2.08. The minimum atomic E-state index is 0.799. The molecule has 90 valence electrons. The highest BCUT2D eigenvalue weighted by molar-refractivity contribution is 7.80. The second kappa shape index (κ2) is 8.48. The molecule has 2 nitrogen and oxygen atoms in total. The molecule has 1 N–H and O–H groups in total. The maximum Gasteiger partial charge on any atom is 0.122 e. The Morgan fingerprint density at radius 1 is 1.19 bits per heavy atom. The molecule has 1 aromatic rings. The van der Waals surface area contributed by atoms with Crippen LogP contribution in [0.3, 0.4) is 0 Å². The zero-order valence-electron chi connectivity index (χ0n) is 9.91. The van der Waals surface area contributed by atoms with Gasteiger partial charge in [0.05, 0.1) is 6.61 Å². The Labute approximate surface area is 104 Å². The molecule has 0 bridgehead atoms. The van der Waals surface area contributed by atoms with Gasteiger partial charge < -0.3 is 10.1 Å². The molecule has 0 saturated heterocycles. The van der Waals surface area contributed by atoms with E-state index >= 15 is 0 Å². The lowest BCUT2D eigenvalue weighted by Crippen LogP contribution is -2.18. The van der Waals surface area contributed by atoms with Crippen LogP contribution in [0.5, 0.6) is 5.75 Å². The summed E-state index contributed by atoms with van der Waals surface area (Å²) in [6.45, 7) is 4.91. The largest absolute Gasteiger partial charge is 0.493 e. The van der Waals surface area contributed by atoms with E-state index in [1.807, 2.05) is 18.2 Å². The topological polar surface area (TPSA) is 21.3 Å². The molecule has 1 aromatic carbocycles. The van der Waals surface area contributed by atoms with Crippen LogP contribution in [-0.2, 0) is 0 Å². The third-order valence-electron chi connectivity index (χ3n) is 2.39. The van der Waals surface area contributed by atoms with Crippen LogP contribution in [0, 0.1) is 6.92 Å². The van der Waals surface area contributed by atoms with Crippen molar-refractivity contribution in [2.24, 2.45) is 0 Å². The first kappa shape index (κ1) is 13.4. The van der Waals surface area contributed by atoms with Crippen molar-refractivity contribution in [1.82, 2.24) is 5.32 Å².